The van der Waals surface area contributed by atoms with Gasteiger partial charge in [0.05, 0.1) is 5.69 Å². The third-order valence-electron chi connectivity index (χ3n) is 4.10. The van der Waals surface area contributed by atoms with E-state index in [0.29, 0.717) is 18.0 Å². The van der Waals surface area contributed by atoms with Gasteiger partial charge in [-0.25, -0.2) is 0 Å². The smallest absolute Gasteiger partial charge is 0.262 e. The van der Waals surface area contributed by atoms with E-state index in [9.17, 15) is 4.79 Å². The summed E-state index contributed by atoms with van der Waals surface area (Å²) in [5.74, 6) is 1.12. The van der Waals surface area contributed by atoms with E-state index < -0.39 is 0 Å². The number of carbonyl (C=O) groups is 1. The first-order chi connectivity index (χ1) is 13.1. The standard InChI is InChI=1S/C23H23NO3/c1-17-12-13-18(2)22(14-17)27-16-23(25)24-20-10-6-7-11-21(20)26-15-19-8-4-3-5-9-19/h3-14H,15-16H2,1-2H3,(H,24,25). The number of anilines is 1. The second-order valence-corrected chi connectivity index (χ2v) is 6.38. The summed E-state index contributed by atoms with van der Waals surface area (Å²) in [6.07, 6.45) is 0. The van der Waals surface area contributed by atoms with Crippen LogP contribution < -0.4 is 14.8 Å². The highest BCUT2D eigenvalue weighted by molar-refractivity contribution is 5.93. The summed E-state index contributed by atoms with van der Waals surface area (Å²) >= 11 is 0. The Morgan fingerprint density at radius 2 is 1.59 bits per heavy atom. The van der Waals surface area contributed by atoms with Crippen LogP contribution in [-0.4, -0.2) is 12.5 Å². The fraction of sp³-hybridized carbons (Fsp3) is 0.174. The van der Waals surface area contributed by atoms with Crippen molar-refractivity contribution in [3.8, 4) is 11.5 Å². The lowest BCUT2D eigenvalue weighted by molar-refractivity contribution is -0.118. The molecule has 4 nitrogen and oxygen atoms in total. The van der Waals surface area contributed by atoms with Gasteiger partial charge in [0.2, 0.25) is 0 Å². The van der Waals surface area contributed by atoms with E-state index in [2.05, 4.69) is 5.32 Å². The maximum Gasteiger partial charge on any atom is 0.262 e. The lowest BCUT2D eigenvalue weighted by Crippen LogP contribution is -2.20. The molecule has 0 saturated carbocycles. The molecule has 3 aromatic carbocycles. The lowest BCUT2D eigenvalue weighted by atomic mass is 10.1. The molecule has 0 fully saturated rings. The molecule has 0 aliphatic rings. The van der Waals surface area contributed by atoms with Gasteiger partial charge in [0.25, 0.3) is 5.91 Å². The number of benzene rings is 3. The average molecular weight is 361 g/mol. The SMILES string of the molecule is Cc1ccc(C)c(OCC(=O)Nc2ccccc2OCc2ccccc2)c1. The Labute approximate surface area is 159 Å². The Bertz CT molecular complexity index is 907. The molecule has 1 amide bonds. The molecule has 0 aromatic heterocycles. The number of para-hydroxylation sites is 2. The second-order valence-electron chi connectivity index (χ2n) is 6.38. The van der Waals surface area contributed by atoms with Crippen LogP contribution in [0.1, 0.15) is 16.7 Å². The van der Waals surface area contributed by atoms with E-state index in [1.807, 2.05) is 86.6 Å². The third-order valence-corrected chi connectivity index (χ3v) is 4.10. The third kappa shape index (κ3) is 5.35. The Balaban J connectivity index is 1.60. The molecule has 0 heterocycles. The first-order valence-corrected chi connectivity index (χ1v) is 8.87. The lowest BCUT2D eigenvalue weighted by Gasteiger charge is -2.13. The quantitative estimate of drug-likeness (QED) is 0.651. The van der Waals surface area contributed by atoms with Crippen molar-refractivity contribution in [1.29, 1.82) is 0 Å². The summed E-state index contributed by atoms with van der Waals surface area (Å²) < 4.78 is 11.5. The number of hydrogen-bond donors (Lipinski definition) is 1. The number of nitrogens with one attached hydrogen (secondary N) is 1. The molecule has 4 heteroatoms. The highest BCUT2D eigenvalue weighted by Crippen LogP contribution is 2.25. The van der Waals surface area contributed by atoms with E-state index in [-0.39, 0.29) is 12.5 Å². The Morgan fingerprint density at radius 3 is 2.41 bits per heavy atom. The molecule has 0 radical (unpaired) electrons. The van der Waals surface area contributed by atoms with Crippen molar-refractivity contribution >= 4 is 11.6 Å². The van der Waals surface area contributed by atoms with Crippen LogP contribution in [0.5, 0.6) is 11.5 Å². The maximum atomic E-state index is 12.3. The zero-order chi connectivity index (χ0) is 19.1. The van der Waals surface area contributed by atoms with E-state index in [1.165, 1.54) is 0 Å². The summed E-state index contributed by atoms with van der Waals surface area (Å²) in [6, 6.07) is 23.2. The average Bonchev–Trinajstić information content (AvgIpc) is 2.69. The van der Waals surface area contributed by atoms with Crippen LogP contribution in [0.25, 0.3) is 0 Å². The van der Waals surface area contributed by atoms with Crippen molar-refractivity contribution < 1.29 is 14.3 Å². The summed E-state index contributed by atoms with van der Waals surface area (Å²) in [5.41, 5.74) is 3.79. The topological polar surface area (TPSA) is 47.6 Å². The van der Waals surface area contributed by atoms with Crippen molar-refractivity contribution in [2.24, 2.45) is 0 Å². The largest absolute Gasteiger partial charge is 0.487 e. The van der Waals surface area contributed by atoms with Crippen LogP contribution in [0, 0.1) is 13.8 Å². The Morgan fingerprint density at radius 1 is 0.852 bits per heavy atom. The number of carbonyl (C=O) groups excluding carboxylic acids is 1. The molecular weight excluding hydrogens is 338 g/mol. The van der Waals surface area contributed by atoms with Crippen molar-refractivity contribution in [2.45, 2.75) is 20.5 Å². The fourth-order valence-electron chi connectivity index (χ4n) is 2.62. The summed E-state index contributed by atoms with van der Waals surface area (Å²) in [7, 11) is 0. The van der Waals surface area contributed by atoms with Gasteiger partial charge < -0.3 is 14.8 Å². The molecule has 0 aliphatic heterocycles. The molecule has 138 valence electrons. The molecule has 0 aliphatic carbocycles. The maximum absolute atomic E-state index is 12.3. The molecule has 27 heavy (non-hydrogen) atoms. The zero-order valence-electron chi connectivity index (χ0n) is 15.6. The van der Waals surface area contributed by atoms with Gasteiger partial charge in [-0.3, -0.25) is 4.79 Å². The van der Waals surface area contributed by atoms with Crippen molar-refractivity contribution in [2.75, 3.05) is 11.9 Å². The highest BCUT2D eigenvalue weighted by atomic mass is 16.5. The number of hydrogen-bond acceptors (Lipinski definition) is 3. The van der Waals surface area contributed by atoms with E-state index >= 15 is 0 Å². The van der Waals surface area contributed by atoms with Gasteiger partial charge in [0.1, 0.15) is 18.1 Å². The van der Waals surface area contributed by atoms with Crippen LogP contribution in [0.4, 0.5) is 5.69 Å². The predicted molar refractivity (Wildman–Crippen MR) is 107 cm³/mol. The first-order valence-electron chi connectivity index (χ1n) is 8.87. The minimum Gasteiger partial charge on any atom is -0.487 e. The molecule has 0 atom stereocenters. The van der Waals surface area contributed by atoms with Gasteiger partial charge in [0.15, 0.2) is 6.61 Å². The molecule has 0 unspecified atom stereocenters. The molecule has 0 spiro atoms. The van der Waals surface area contributed by atoms with Crippen LogP contribution in [-0.2, 0) is 11.4 Å². The van der Waals surface area contributed by atoms with Crippen LogP contribution in [0.2, 0.25) is 0 Å². The Hall–Kier alpha value is -3.27. The fourth-order valence-corrected chi connectivity index (χ4v) is 2.62. The highest BCUT2D eigenvalue weighted by Gasteiger charge is 2.09. The van der Waals surface area contributed by atoms with Gasteiger partial charge >= 0.3 is 0 Å². The van der Waals surface area contributed by atoms with Gasteiger partial charge in [-0.1, -0.05) is 54.6 Å². The van der Waals surface area contributed by atoms with Gasteiger partial charge in [0, 0.05) is 0 Å². The molecule has 3 rings (SSSR count). The first kappa shape index (κ1) is 18.5. The molecule has 0 bridgehead atoms. The molecular formula is C23H23NO3. The number of aryl methyl sites for hydroxylation is 2. The van der Waals surface area contributed by atoms with Gasteiger partial charge in [-0.15, -0.1) is 0 Å². The molecule has 3 aromatic rings. The van der Waals surface area contributed by atoms with Crippen molar-refractivity contribution in [3.05, 3.63) is 89.5 Å². The Kier molecular flexibility index (Phi) is 6.10. The molecule has 0 saturated heterocycles. The zero-order valence-corrected chi connectivity index (χ0v) is 15.6. The van der Waals surface area contributed by atoms with Crippen LogP contribution in [0.15, 0.2) is 72.8 Å². The van der Waals surface area contributed by atoms with E-state index in [4.69, 9.17) is 9.47 Å². The van der Waals surface area contributed by atoms with E-state index in [0.717, 1.165) is 22.4 Å². The van der Waals surface area contributed by atoms with E-state index in [1.54, 1.807) is 0 Å². The van der Waals surface area contributed by atoms with Gasteiger partial charge in [-0.05, 0) is 48.7 Å². The summed E-state index contributed by atoms with van der Waals surface area (Å²) in [5, 5.41) is 2.86. The number of ether oxygens (including phenoxy) is 2. The van der Waals surface area contributed by atoms with Gasteiger partial charge in [-0.2, -0.15) is 0 Å². The monoisotopic (exact) mass is 361 g/mol. The normalized spacial score (nSPS) is 10.3. The van der Waals surface area contributed by atoms with Crippen LogP contribution in [0.3, 0.4) is 0 Å². The van der Waals surface area contributed by atoms with Crippen LogP contribution >= 0.6 is 0 Å². The summed E-state index contributed by atoms with van der Waals surface area (Å²) in [6.45, 7) is 4.33. The second kappa shape index (κ2) is 8.90. The number of rotatable bonds is 7. The summed E-state index contributed by atoms with van der Waals surface area (Å²) in [4.78, 5) is 12.3. The minimum absolute atomic E-state index is 0.0582. The van der Waals surface area contributed by atoms with Crippen molar-refractivity contribution in [3.63, 3.8) is 0 Å². The van der Waals surface area contributed by atoms with Crippen molar-refractivity contribution in [1.82, 2.24) is 0 Å². The predicted octanol–water partition coefficient (Wildman–Crippen LogP) is 4.90. The molecule has 1 N–H and O–H groups in total. The minimum atomic E-state index is -0.230. The number of amides is 1.